The van der Waals surface area contributed by atoms with Crippen LogP contribution in [0.4, 0.5) is 0 Å². The highest BCUT2D eigenvalue weighted by molar-refractivity contribution is 6.18. The molecule has 1 aromatic rings. The lowest BCUT2D eigenvalue weighted by atomic mass is 9.99. The first-order chi connectivity index (χ1) is 7.81. The van der Waals surface area contributed by atoms with Gasteiger partial charge in [-0.05, 0) is 18.8 Å². The molecule has 1 unspecified atom stereocenters. The van der Waals surface area contributed by atoms with Crippen molar-refractivity contribution in [1.29, 1.82) is 0 Å². The molecule has 5 heteroatoms. The molecule has 1 aliphatic heterocycles. The maximum atomic E-state index is 12.1. The molecular formula is C11H14ClN3O. The summed E-state index contributed by atoms with van der Waals surface area (Å²) in [7, 11) is 0. The quantitative estimate of drug-likeness (QED) is 0.736. The number of hydrogen-bond donors (Lipinski definition) is 0. The second-order valence-corrected chi connectivity index (χ2v) is 4.35. The number of aromatic nitrogens is 2. The van der Waals surface area contributed by atoms with Crippen LogP contribution in [0.2, 0.25) is 0 Å². The number of nitrogens with zero attached hydrogens (tertiary/aromatic N) is 3. The summed E-state index contributed by atoms with van der Waals surface area (Å²) >= 11 is 5.83. The van der Waals surface area contributed by atoms with Crippen molar-refractivity contribution in [3.63, 3.8) is 0 Å². The molecule has 1 aliphatic rings. The maximum Gasteiger partial charge on any atom is 0.256 e. The zero-order valence-electron chi connectivity index (χ0n) is 8.97. The number of rotatable bonds is 2. The zero-order chi connectivity index (χ0) is 11.4. The molecule has 0 aliphatic carbocycles. The Hall–Kier alpha value is -1.16. The number of halogens is 1. The van der Waals surface area contributed by atoms with Crippen LogP contribution in [-0.2, 0) is 0 Å². The molecule has 86 valence electrons. The van der Waals surface area contributed by atoms with Crippen LogP contribution in [0.15, 0.2) is 18.7 Å². The molecule has 4 nitrogen and oxygen atoms in total. The van der Waals surface area contributed by atoms with Crippen molar-refractivity contribution in [2.75, 3.05) is 19.0 Å². The van der Waals surface area contributed by atoms with Crippen molar-refractivity contribution < 1.29 is 4.79 Å². The Morgan fingerprint density at radius 3 is 2.94 bits per heavy atom. The van der Waals surface area contributed by atoms with Gasteiger partial charge in [-0.25, -0.2) is 9.97 Å². The van der Waals surface area contributed by atoms with Crippen molar-refractivity contribution in [1.82, 2.24) is 14.9 Å². The minimum atomic E-state index is 0.00965. The van der Waals surface area contributed by atoms with Crippen LogP contribution < -0.4 is 0 Å². The topological polar surface area (TPSA) is 46.1 Å². The van der Waals surface area contributed by atoms with Crippen molar-refractivity contribution in [2.24, 2.45) is 5.92 Å². The van der Waals surface area contributed by atoms with Gasteiger partial charge in [0.2, 0.25) is 0 Å². The fourth-order valence-corrected chi connectivity index (χ4v) is 2.22. The van der Waals surface area contributed by atoms with Crippen molar-refractivity contribution in [3.05, 3.63) is 24.3 Å². The monoisotopic (exact) mass is 239 g/mol. The fourth-order valence-electron chi connectivity index (χ4n) is 1.97. The van der Waals surface area contributed by atoms with Crippen molar-refractivity contribution >= 4 is 17.5 Å². The zero-order valence-corrected chi connectivity index (χ0v) is 9.73. The first kappa shape index (κ1) is 11.3. The molecule has 1 amide bonds. The van der Waals surface area contributed by atoms with Gasteiger partial charge < -0.3 is 4.90 Å². The van der Waals surface area contributed by atoms with Gasteiger partial charge in [-0.15, -0.1) is 11.6 Å². The van der Waals surface area contributed by atoms with E-state index in [-0.39, 0.29) is 5.91 Å². The normalized spacial score (nSPS) is 20.8. The third kappa shape index (κ3) is 2.50. The highest BCUT2D eigenvalue weighted by Gasteiger charge is 2.23. The van der Waals surface area contributed by atoms with Gasteiger partial charge >= 0.3 is 0 Å². The average molecular weight is 240 g/mol. The molecule has 0 N–H and O–H groups in total. The van der Waals surface area contributed by atoms with E-state index in [1.54, 1.807) is 12.4 Å². The first-order valence-electron chi connectivity index (χ1n) is 5.41. The third-order valence-electron chi connectivity index (χ3n) is 2.83. The average Bonchev–Trinajstić information content (AvgIpc) is 2.39. The van der Waals surface area contributed by atoms with Gasteiger partial charge in [0.1, 0.15) is 6.33 Å². The van der Waals surface area contributed by atoms with Gasteiger partial charge in [-0.2, -0.15) is 0 Å². The number of alkyl halides is 1. The van der Waals surface area contributed by atoms with Crippen LogP contribution in [0.5, 0.6) is 0 Å². The lowest BCUT2D eigenvalue weighted by molar-refractivity contribution is 0.0684. The molecule has 0 radical (unpaired) electrons. The van der Waals surface area contributed by atoms with E-state index in [1.807, 2.05) is 4.90 Å². The van der Waals surface area contributed by atoms with E-state index in [2.05, 4.69) is 9.97 Å². The molecule has 1 fully saturated rings. The Morgan fingerprint density at radius 1 is 1.50 bits per heavy atom. The molecule has 0 saturated carbocycles. The van der Waals surface area contributed by atoms with Gasteiger partial charge in [0, 0.05) is 31.4 Å². The lowest BCUT2D eigenvalue weighted by Gasteiger charge is -2.31. The summed E-state index contributed by atoms with van der Waals surface area (Å²) in [6.07, 6.45) is 6.67. The SMILES string of the molecule is O=C(c1cncnc1)N1CCCC(CCl)C1. The standard InChI is InChI=1S/C11H14ClN3O/c12-4-9-2-1-3-15(7-9)11(16)10-5-13-8-14-6-10/h5-6,8-9H,1-4,7H2. The molecular weight excluding hydrogens is 226 g/mol. The minimum absolute atomic E-state index is 0.00965. The van der Waals surface area contributed by atoms with E-state index < -0.39 is 0 Å². The molecule has 0 bridgehead atoms. The summed E-state index contributed by atoms with van der Waals surface area (Å²) < 4.78 is 0. The van der Waals surface area contributed by atoms with Crippen LogP contribution in [0.3, 0.4) is 0 Å². The molecule has 16 heavy (non-hydrogen) atoms. The van der Waals surface area contributed by atoms with E-state index in [1.165, 1.54) is 6.33 Å². The van der Waals surface area contributed by atoms with Crippen LogP contribution in [0.25, 0.3) is 0 Å². The largest absolute Gasteiger partial charge is 0.338 e. The van der Waals surface area contributed by atoms with Gasteiger partial charge in [-0.1, -0.05) is 0 Å². The van der Waals surface area contributed by atoms with E-state index in [0.717, 1.165) is 25.9 Å². The Balaban J connectivity index is 2.05. The second kappa shape index (κ2) is 5.25. The predicted molar refractivity (Wildman–Crippen MR) is 61.4 cm³/mol. The van der Waals surface area contributed by atoms with Gasteiger partial charge in [-0.3, -0.25) is 4.79 Å². The Morgan fingerprint density at radius 2 is 2.25 bits per heavy atom. The number of carbonyl (C=O) groups is 1. The van der Waals surface area contributed by atoms with E-state index >= 15 is 0 Å². The Labute approximate surface area is 99.6 Å². The van der Waals surface area contributed by atoms with Crippen LogP contribution in [-0.4, -0.2) is 39.7 Å². The third-order valence-corrected chi connectivity index (χ3v) is 3.27. The summed E-state index contributed by atoms with van der Waals surface area (Å²) in [6, 6.07) is 0. The van der Waals surface area contributed by atoms with Gasteiger partial charge in [0.05, 0.1) is 5.56 Å². The summed E-state index contributed by atoms with van der Waals surface area (Å²) in [5.41, 5.74) is 0.553. The highest BCUT2D eigenvalue weighted by atomic mass is 35.5. The summed E-state index contributed by atoms with van der Waals surface area (Å²) in [5.74, 6) is 1.05. The molecule has 1 atom stereocenters. The van der Waals surface area contributed by atoms with Gasteiger partial charge in [0.15, 0.2) is 0 Å². The van der Waals surface area contributed by atoms with E-state index in [0.29, 0.717) is 17.4 Å². The lowest BCUT2D eigenvalue weighted by Crippen LogP contribution is -2.40. The molecule has 2 heterocycles. The minimum Gasteiger partial charge on any atom is -0.338 e. The Bertz CT molecular complexity index is 358. The first-order valence-corrected chi connectivity index (χ1v) is 5.95. The molecule has 0 aromatic carbocycles. The van der Waals surface area contributed by atoms with E-state index in [4.69, 9.17) is 11.6 Å². The summed E-state index contributed by atoms with van der Waals surface area (Å²) in [6.45, 7) is 1.55. The molecule has 2 rings (SSSR count). The van der Waals surface area contributed by atoms with Gasteiger partial charge in [0.25, 0.3) is 5.91 Å². The highest BCUT2D eigenvalue weighted by Crippen LogP contribution is 2.19. The predicted octanol–water partition coefficient (Wildman–Crippen LogP) is 1.57. The molecule has 0 spiro atoms. The van der Waals surface area contributed by atoms with Crippen LogP contribution in [0.1, 0.15) is 23.2 Å². The molecule has 1 saturated heterocycles. The molecule has 1 aromatic heterocycles. The smallest absolute Gasteiger partial charge is 0.256 e. The van der Waals surface area contributed by atoms with Crippen molar-refractivity contribution in [3.8, 4) is 0 Å². The number of likely N-dealkylation sites (tertiary alicyclic amines) is 1. The summed E-state index contributed by atoms with van der Waals surface area (Å²) in [4.78, 5) is 21.6. The summed E-state index contributed by atoms with van der Waals surface area (Å²) in [5, 5.41) is 0. The van der Waals surface area contributed by atoms with E-state index in [9.17, 15) is 4.79 Å². The fraction of sp³-hybridized carbons (Fsp3) is 0.545. The number of hydrogen-bond acceptors (Lipinski definition) is 3. The van der Waals surface area contributed by atoms with Crippen LogP contribution >= 0.6 is 11.6 Å². The number of carbonyl (C=O) groups excluding carboxylic acids is 1. The second-order valence-electron chi connectivity index (χ2n) is 4.04. The Kier molecular flexibility index (Phi) is 3.72. The van der Waals surface area contributed by atoms with Crippen LogP contribution in [0, 0.1) is 5.92 Å². The number of piperidine rings is 1. The number of amides is 1. The maximum absolute atomic E-state index is 12.1. The van der Waals surface area contributed by atoms with Crippen molar-refractivity contribution in [2.45, 2.75) is 12.8 Å².